The van der Waals surface area contributed by atoms with Gasteiger partial charge in [-0.25, -0.2) is 15.0 Å². The molecule has 1 fully saturated rings. The number of piperidine rings is 1. The van der Waals surface area contributed by atoms with E-state index in [1.807, 2.05) is 56.1 Å². The smallest absolute Gasteiger partial charge is 0.246 e. The van der Waals surface area contributed by atoms with Crippen molar-refractivity contribution in [2.75, 3.05) is 39.0 Å². The van der Waals surface area contributed by atoms with Crippen LogP contribution in [0.1, 0.15) is 35.7 Å². The van der Waals surface area contributed by atoms with Gasteiger partial charge in [-0.3, -0.25) is 4.79 Å². The molecule has 0 aromatic carbocycles. The standard InChI is InChI=1S/C22H30N6O/c1-16-14-17(2)25-22(24-16)26-20-15-19(7-10-23-20)18-8-12-28(13-9-18)21(29)6-5-11-27(3)4/h5-7,10,14-15,18H,8-9,11-13H2,1-4H3,(H,23,24,25,26)/b6-5+. The first-order valence-corrected chi connectivity index (χ1v) is 10.1. The van der Waals surface area contributed by atoms with Crippen molar-refractivity contribution in [3.05, 3.63) is 53.5 Å². The van der Waals surface area contributed by atoms with E-state index >= 15 is 0 Å². The monoisotopic (exact) mass is 394 g/mol. The molecule has 1 saturated heterocycles. The number of amides is 1. The molecule has 0 bridgehead atoms. The second kappa shape index (κ2) is 9.60. The minimum Gasteiger partial charge on any atom is -0.339 e. The molecule has 29 heavy (non-hydrogen) atoms. The van der Waals surface area contributed by atoms with Crippen molar-refractivity contribution < 1.29 is 4.79 Å². The van der Waals surface area contributed by atoms with E-state index in [2.05, 4.69) is 32.4 Å². The van der Waals surface area contributed by atoms with Gasteiger partial charge in [-0.1, -0.05) is 6.08 Å². The van der Waals surface area contributed by atoms with Gasteiger partial charge in [0.15, 0.2) is 0 Å². The maximum absolute atomic E-state index is 12.3. The predicted molar refractivity (Wildman–Crippen MR) is 115 cm³/mol. The number of hydrogen-bond donors (Lipinski definition) is 1. The molecular formula is C22H30N6O. The van der Waals surface area contributed by atoms with Gasteiger partial charge in [-0.05, 0) is 70.5 Å². The second-order valence-corrected chi connectivity index (χ2v) is 7.84. The van der Waals surface area contributed by atoms with Crippen molar-refractivity contribution >= 4 is 17.7 Å². The molecule has 0 atom stereocenters. The minimum absolute atomic E-state index is 0.106. The van der Waals surface area contributed by atoms with E-state index in [1.54, 1.807) is 6.08 Å². The highest BCUT2D eigenvalue weighted by atomic mass is 16.2. The molecule has 1 amide bonds. The van der Waals surface area contributed by atoms with Crippen LogP contribution in [-0.2, 0) is 4.79 Å². The van der Waals surface area contributed by atoms with Crippen molar-refractivity contribution in [3.63, 3.8) is 0 Å². The molecule has 154 valence electrons. The maximum Gasteiger partial charge on any atom is 0.246 e. The Balaban J connectivity index is 1.59. The molecule has 3 rings (SSSR count). The average molecular weight is 395 g/mol. The molecule has 7 heteroatoms. The Morgan fingerprint density at radius 2 is 1.90 bits per heavy atom. The number of nitrogens with zero attached hydrogens (tertiary/aromatic N) is 5. The topological polar surface area (TPSA) is 74.2 Å². The lowest BCUT2D eigenvalue weighted by Crippen LogP contribution is -2.37. The van der Waals surface area contributed by atoms with Crippen LogP contribution in [0.25, 0.3) is 0 Å². The molecule has 1 aliphatic heterocycles. The fraction of sp³-hybridized carbons (Fsp3) is 0.455. The Kier molecular flexibility index (Phi) is 6.93. The van der Waals surface area contributed by atoms with Crippen LogP contribution in [0.15, 0.2) is 36.5 Å². The summed E-state index contributed by atoms with van der Waals surface area (Å²) < 4.78 is 0. The van der Waals surface area contributed by atoms with Crippen LogP contribution >= 0.6 is 0 Å². The Hall–Kier alpha value is -2.80. The summed E-state index contributed by atoms with van der Waals surface area (Å²) in [5.74, 6) is 1.84. The van der Waals surface area contributed by atoms with Gasteiger partial charge in [0, 0.05) is 43.3 Å². The molecule has 3 heterocycles. The molecule has 7 nitrogen and oxygen atoms in total. The fourth-order valence-electron chi connectivity index (χ4n) is 3.57. The summed E-state index contributed by atoms with van der Waals surface area (Å²) in [5, 5.41) is 3.21. The number of rotatable bonds is 6. The first kappa shape index (κ1) is 20.9. The minimum atomic E-state index is 0.106. The number of pyridine rings is 1. The van der Waals surface area contributed by atoms with Gasteiger partial charge in [0.25, 0.3) is 0 Å². The quantitative estimate of drug-likeness (QED) is 0.759. The van der Waals surface area contributed by atoms with Crippen LogP contribution in [0.5, 0.6) is 0 Å². The molecule has 0 aliphatic carbocycles. The van der Waals surface area contributed by atoms with E-state index < -0.39 is 0 Å². The van der Waals surface area contributed by atoms with Gasteiger partial charge < -0.3 is 15.1 Å². The van der Waals surface area contributed by atoms with Gasteiger partial charge in [-0.2, -0.15) is 0 Å². The molecule has 0 unspecified atom stereocenters. The highest BCUT2D eigenvalue weighted by Crippen LogP contribution is 2.29. The molecule has 1 aliphatic rings. The maximum atomic E-state index is 12.3. The lowest BCUT2D eigenvalue weighted by molar-refractivity contribution is -0.127. The molecule has 0 saturated carbocycles. The fourth-order valence-corrected chi connectivity index (χ4v) is 3.57. The summed E-state index contributed by atoms with van der Waals surface area (Å²) in [7, 11) is 3.98. The Bertz CT molecular complexity index is 851. The number of nitrogens with one attached hydrogen (secondary N) is 1. The zero-order valence-corrected chi connectivity index (χ0v) is 17.7. The van der Waals surface area contributed by atoms with E-state index in [4.69, 9.17) is 0 Å². The Morgan fingerprint density at radius 3 is 2.55 bits per heavy atom. The molecule has 1 N–H and O–H groups in total. The lowest BCUT2D eigenvalue weighted by atomic mass is 9.90. The van der Waals surface area contributed by atoms with Crippen LogP contribution in [0.3, 0.4) is 0 Å². The van der Waals surface area contributed by atoms with Crippen molar-refractivity contribution in [2.45, 2.75) is 32.6 Å². The van der Waals surface area contributed by atoms with Crippen LogP contribution in [0, 0.1) is 13.8 Å². The van der Waals surface area contributed by atoms with Crippen LogP contribution in [0.2, 0.25) is 0 Å². The number of hydrogen-bond acceptors (Lipinski definition) is 6. The third kappa shape index (κ3) is 6.09. The molecule has 2 aromatic heterocycles. The lowest BCUT2D eigenvalue weighted by Gasteiger charge is -2.31. The zero-order valence-electron chi connectivity index (χ0n) is 17.7. The van der Waals surface area contributed by atoms with E-state index in [-0.39, 0.29) is 5.91 Å². The second-order valence-electron chi connectivity index (χ2n) is 7.84. The van der Waals surface area contributed by atoms with E-state index in [0.29, 0.717) is 11.9 Å². The average Bonchev–Trinajstić information content (AvgIpc) is 2.67. The molecule has 2 aromatic rings. The van der Waals surface area contributed by atoms with Gasteiger partial charge in [0.2, 0.25) is 11.9 Å². The first-order valence-electron chi connectivity index (χ1n) is 10.1. The van der Waals surface area contributed by atoms with Crippen molar-refractivity contribution in [1.29, 1.82) is 0 Å². The molecule has 0 spiro atoms. The molecule has 0 radical (unpaired) electrons. The number of likely N-dealkylation sites (N-methyl/N-ethyl adjacent to an activating group) is 1. The van der Waals surface area contributed by atoms with Gasteiger partial charge >= 0.3 is 0 Å². The molecular weight excluding hydrogens is 364 g/mol. The summed E-state index contributed by atoms with van der Waals surface area (Å²) in [6.07, 6.45) is 7.35. The summed E-state index contributed by atoms with van der Waals surface area (Å²) in [5.41, 5.74) is 3.09. The largest absolute Gasteiger partial charge is 0.339 e. The van der Waals surface area contributed by atoms with E-state index in [9.17, 15) is 4.79 Å². The number of carbonyl (C=O) groups is 1. The highest BCUT2D eigenvalue weighted by Gasteiger charge is 2.23. The number of aryl methyl sites for hydroxylation is 2. The summed E-state index contributed by atoms with van der Waals surface area (Å²) in [6.45, 7) is 6.24. The number of carbonyl (C=O) groups excluding carboxylic acids is 1. The Morgan fingerprint density at radius 1 is 1.21 bits per heavy atom. The normalized spacial score (nSPS) is 15.3. The SMILES string of the molecule is Cc1cc(C)nc(Nc2cc(C3CCN(C(=O)/C=C/CN(C)C)CC3)ccn2)n1. The third-order valence-corrected chi connectivity index (χ3v) is 5.02. The van der Waals surface area contributed by atoms with Crippen LogP contribution in [-0.4, -0.2) is 64.4 Å². The van der Waals surface area contributed by atoms with Crippen LogP contribution < -0.4 is 5.32 Å². The summed E-state index contributed by atoms with van der Waals surface area (Å²) in [4.78, 5) is 29.5. The summed E-state index contributed by atoms with van der Waals surface area (Å²) in [6, 6.07) is 6.08. The Labute approximate surface area is 172 Å². The first-order chi connectivity index (χ1) is 13.9. The van der Waals surface area contributed by atoms with E-state index in [1.165, 1.54) is 5.56 Å². The summed E-state index contributed by atoms with van der Waals surface area (Å²) >= 11 is 0. The van der Waals surface area contributed by atoms with Gasteiger partial charge in [0.05, 0.1) is 0 Å². The van der Waals surface area contributed by atoms with Crippen LogP contribution in [0.4, 0.5) is 11.8 Å². The van der Waals surface area contributed by atoms with E-state index in [0.717, 1.165) is 49.7 Å². The van der Waals surface area contributed by atoms with Crippen molar-refractivity contribution in [3.8, 4) is 0 Å². The predicted octanol–water partition coefficient (Wildman–Crippen LogP) is 3.06. The third-order valence-electron chi connectivity index (χ3n) is 5.02. The number of aromatic nitrogens is 3. The number of likely N-dealkylation sites (tertiary alicyclic amines) is 1. The number of anilines is 2. The highest BCUT2D eigenvalue weighted by molar-refractivity contribution is 5.87. The van der Waals surface area contributed by atoms with Crippen molar-refractivity contribution in [2.24, 2.45) is 0 Å². The van der Waals surface area contributed by atoms with Gasteiger partial charge in [-0.15, -0.1) is 0 Å². The zero-order chi connectivity index (χ0) is 20.8. The van der Waals surface area contributed by atoms with Crippen molar-refractivity contribution in [1.82, 2.24) is 24.8 Å². The van der Waals surface area contributed by atoms with Gasteiger partial charge in [0.1, 0.15) is 5.82 Å².